The molecule has 0 atom stereocenters. The molecule has 9 nitrogen and oxygen atoms in total. The molecule has 1 fully saturated rings. The lowest BCUT2D eigenvalue weighted by molar-refractivity contribution is 0.0916. The van der Waals surface area contributed by atoms with Crippen molar-refractivity contribution in [3.8, 4) is 17.0 Å². The minimum Gasteiger partial charge on any atom is -0.495 e. The highest BCUT2D eigenvalue weighted by Gasteiger charge is 2.31. The van der Waals surface area contributed by atoms with Crippen LogP contribution in [0.4, 0.5) is 17.5 Å². The maximum Gasteiger partial charge on any atom is 0.251 e. The molecule has 1 saturated heterocycles. The summed E-state index contributed by atoms with van der Waals surface area (Å²) in [4.78, 5) is 28.8. The van der Waals surface area contributed by atoms with Gasteiger partial charge in [0.05, 0.1) is 18.5 Å². The number of carbonyl (C=O) groups is 1. The molecule has 5 rings (SSSR count). The molecule has 0 radical (unpaired) electrons. The van der Waals surface area contributed by atoms with E-state index in [1.54, 1.807) is 25.4 Å². The summed E-state index contributed by atoms with van der Waals surface area (Å²) >= 11 is 0. The van der Waals surface area contributed by atoms with E-state index < -0.39 is 0 Å². The van der Waals surface area contributed by atoms with Gasteiger partial charge < -0.3 is 25.6 Å². The molecule has 36 heavy (non-hydrogen) atoms. The Kier molecular flexibility index (Phi) is 6.49. The van der Waals surface area contributed by atoms with Crippen molar-refractivity contribution in [2.75, 3.05) is 44.4 Å². The van der Waals surface area contributed by atoms with Gasteiger partial charge in [-0.1, -0.05) is 13.8 Å². The van der Waals surface area contributed by atoms with Gasteiger partial charge in [0, 0.05) is 47.1 Å². The van der Waals surface area contributed by atoms with Crippen molar-refractivity contribution >= 4 is 23.4 Å². The van der Waals surface area contributed by atoms with E-state index in [2.05, 4.69) is 57.8 Å². The number of carbonyl (C=O) groups excluding carboxylic acids is 1. The van der Waals surface area contributed by atoms with Crippen LogP contribution in [-0.2, 0) is 5.41 Å². The van der Waals surface area contributed by atoms with Gasteiger partial charge in [-0.25, -0.2) is 15.0 Å². The zero-order chi connectivity index (χ0) is 25.3. The molecule has 9 heteroatoms. The first-order valence-electron chi connectivity index (χ1n) is 12.3. The zero-order valence-corrected chi connectivity index (χ0v) is 21.3. The van der Waals surface area contributed by atoms with Gasteiger partial charge in [-0.15, -0.1) is 0 Å². The van der Waals surface area contributed by atoms with Crippen LogP contribution in [0.25, 0.3) is 11.3 Å². The Balaban J connectivity index is 1.32. The van der Waals surface area contributed by atoms with Gasteiger partial charge in [0.15, 0.2) is 0 Å². The summed E-state index contributed by atoms with van der Waals surface area (Å²) in [7, 11) is 3.69. The van der Waals surface area contributed by atoms with Gasteiger partial charge >= 0.3 is 0 Å². The van der Waals surface area contributed by atoms with Crippen LogP contribution in [0.15, 0.2) is 42.7 Å². The van der Waals surface area contributed by atoms with Gasteiger partial charge in [-0.05, 0) is 63.3 Å². The van der Waals surface area contributed by atoms with Crippen molar-refractivity contribution in [3.05, 3.63) is 53.9 Å². The number of benzene rings is 1. The van der Waals surface area contributed by atoms with Crippen molar-refractivity contribution in [1.29, 1.82) is 0 Å². The molecule has 2 aliphatic rings. The topological polar surface area (TPSA) is 104 Å². The predicted octanol–water partition coefficient (Wildman–Crippen LogP) is 3.82. The molecule has 0 saturated carbocycles. The van der Waals surface area contributed by atoms with E-state index in [4.69, 9.17) is 9.72 Å². The minimum atomic E-state index is -0.0887. The van der Waals surface area contributed by atoms with Crippen molar-refractivity contribution in [3.63, 3.8) is 0 Å². The number of hydrogen-bond acceptors (Lipinski definition) is 8. The van der Waals surface area contributed by atoms with Gasteiger partial charge in [0.2, 0.25) is 5.95 Å². The largest absolute Gasteiger partial charge is 0.495 e. The highest BCUT2D eigenvalue weighted by Crippen LogP contribution is 2.37. The lowest BCUT2D eigenvalue weighted by atomic mass is 9.87. The SMILES string of the molecule is COc1cc(C(=O)NC2CCN(C)CC2)ccc1Nc1nccc(-c2cnc3c(c2)C(C)(C)CN3)n1. The van der Waals surface area contributed by atoms with Crippen LogP contribution < -0.4 is 20.7 Å². The molecular formula is C27H33N7O2. The third-order valence-electron chi connectivity index (χ3n) is 7.03. The fourth-order valence-electron chi connectivity index (χ4n) is 4.72. The van der Waals surface area contributed by atoms with Crippen LogP contribution in [-0.4, -0.2) is 65.6 Å². The summed E-state index contributed by atoms with van der Waals surface area (Å²) in [5.41, 5.74) is 4.15. The Bertz CT molecular complexity index is 1270. The van der Waals surface area contributed by atoms with E-state index in [1.165, 1.54) is 5.56 Å². The maximum absolute atomic E-state index is 12.8. The second kappa shape index (κ2) is 9.73. The number of rotatable bonds is 6. The Labute approximate surface area is 211 Å². The highest BCUT2D eigenvalue weighted by atomic mass is 16.5. The molecule has 4 heterocycles. The predicted molar refractivity (Wildman–Crippen MR) is 141 cm³/mol. The second-order valence-electron chi connectivity index (χ2n) is 10.2. The van der Waals surface area contributed by atoms with Crippen LogP contribution in [0.5, 0.6) is 5.75 Å². The number of nitrogens with zero attached hydrogens (tertiary/aromatic N) is 4. The van der Waals surface area contributed by atoms with Crippen LogP contribution in [0.3, 0.4) is 0 Å². The van der Waals surface area contributed by atoms with Gasteiger partial charge in [0.25, 0.3) is 5.91 Å². The number of hydrogen-bond donors (Lipinski definition) is 3. The number of nitrogens with one attached hydrogen (secondary N) is 3. The van der Waals surface area contributed by atoms with E-state index >= 15 is 0 Å². The van der Waals surface area contributed by atoms with Crippen molar-refractivity contribution in [2.45, 2.75) is 38.1 Å². The van der Waals surface area contributed by atoms with E-state index in [1.807, 2.05) is 18.3 Å². The normalized spacial score (nSPS) is 17.2. The summed E-state index contributed by atoms with van der Waals surface area (Å²) in [5, 5.41) is 9.75. The second-order valence-corrected chi connectivity index (χ2v) is 10.2. The van der Waals surface area contributed by atoms with Crippen LogP contribution in [0.1, 0.15) is 42.6 Å². The molecule has 0 bridgehead atoms. The first-order chi connectivity index (χ1) is 17.3. The number of ether oxygens (including phenoxy) is 1. The van der Waals surface area contributed by atoms with Crippen LogP contribution in [0, 0.1) is 0 Å². The first kappa shape index (κ1) is 24.0. The molecule has 188 valence electrons. The molecule has 0 aliphatic carbocycles. The Hall–Kier alpha value is -3.72. The number of aromatic nitrogens is 3. The molecule has 0 spiro atoms. The van der Waals surface area contributed by atoms with E-state index in [9.17, 15) is 4.79 Å². The molecule has 2 aliphatic heterocycles. The number of anilines is 3. The Morgan fingerprint density at radius 3 is 2.75 bits per heavy atom. The molecular weight excluding hydrogens is 454 g/mol. The summed E-state index contributed by atoms with van der Waals surface area (Å²) in [5.74, 6) is 1.83. The number of piperidine rings is 1. The van der Waals surface area contributed by atoms with E-state index in [0.29, 0.717) is 22.9 Å². The fourth-order valence-corrected chi connectivity index (χ4v) is 4.72. The average Bonchev–Trinajstić information content (AvgIpc) is 3.19. The number of fused-ring (bicyclic) bond motifs is 1. The summed E-state index contributed by atoms with van der Waals surface area (Å²) in [6.45, 7) is 7.25. The van der Waals surface area contributed by atoms with E-state index in [0.717, 1.165) is 49.6 Å². The third-order valence-corrected chi connectivity index (χ3v) is 7.03. The first-order valence-corrected chi connectivity index (χ1v) is 12.3. The van der Waals surface area contributed by atoms with Gasteiger partial charge in [-0.3, -0.25) is 4.79 Å². The number of pyridine rings is 1. The van der Waals surface area contributed by atoms with E-state index in [-0.39, 0.29) is 17.4 Å². The maximum atomic E-state index is 12.8. The lowest BCUT2D eigenvalue weighted by Crippen LogP contribution is -2.43. The molecule has 2 aromatic heterocycles. The van der Waals surface area contributed by atoms with Crippen LogP contribution in [0.2, 0.25) is 0 Å². The van der Waals surface area contributed by atoms with Crippen LogP contribution >= 0.6 is 0 Å². The minimum absolute atomic E-state index is 0.0151. The highest BCUT2D eigenvalue weighted by molar-refractivity contribution is 5.95. The van der Waals surface area contributed by atoms with Gasteiger partial charge in [0.1, 0.15) is 11.6 Å². The molecule has 3 N–H and O–H groups in total. The summed E-state index contributed by atoms with van der Waals surface area (Å²) in [6.07, 6.45) is 5.47. The standard InChI is InChI=1S/C27H33N7O2/c1-27(2)16-30-24-20(27)13-18(15-29-24)21-7-10-28-26(32-21)33-22-6-5-17(14-23(22)36-4)25(35)31-19-8-11-34(3)12-9-19/h5-7,10,13-15,19H,8-9,11-12,16H2,1-4H3,(H,29,30)(H,31,35)(H,28,32,33). The molecule has 1 aromatic carbocycles. The lowest BCUT2D eigenvalue weighted by Gasteiger charge is -2.29. The van der Waals surface area contributed by atoms with Crippen molar-refractivity contribution < 1.29 is 9.53 Å². The fraction of sp³-hybridized carbons (Fsp3) is 0.407. The quantitative estimate of drug-likeness (QED) is 0.482. The molecule has 3 aromatic rings. The summed E-state index contributed by atoms with van der Waals surface area (Å²) in [6, 6.07) is 9.58. The summed E-state index contributed by atoms with van der Waals surface area (Å²) < 4.78 is 5.58. The Morgan fingerprint density at radius 2 is 1.97 bits per heavy atom. The van der Waals surface area contributed by atoms with Crippen molar-refractivity contribution in [2.24, 2.45) is 0 Å². The zero-order valence-electron chi connectivity index (χ0n) is 21.3. The molecule has 1 amide bonds. The Morgan fingerprint density at radius 1 is 1.17 bits per heavy atom. The van der Waals surface area contributed by atoms with Gasteiger partial charge in [-0.2, -0.15) is 0 Å². The number of methoxy groups -OCH3 is 1. The average molecular weight is 488 g/mol. The number of likely N-dealkylation sites (tertiary alicyclic amines) is 1. The smallest absolute Gasteiger partial charge is 0.251 e. The molecule has 0 unspecified atom stereocenters. The third kappa shape index (κ3) is 4.97. The monoisotopic (exact) mass is 487 g/mol. The van der Waals surface area contributed by atoms with Crippen molar-refractivity contribution in [1.82, 2.24) is 25.2 Å². The number of amides is 1.